The Bertz CT molecular complexity index is 2770. The van der Waals surface area contributed by atoms with Crippen LogP contribution in [0.4, 0.5) is 0 Å². The summed E-state index contributed by atoms with van der Waals surface area (Å²) in [5.74, 6) is 0. The Hall–Kier alpha value is -6.32. The van der Waals surface area contributed by atoms with E-state index in [0.29, 0.717) is 16.6 Å². The van der Waals surface area contributed by atoms with Crippen LogP contribution in [0.1, 0.15) is 0 Å². The first-order chi connectivity index (χ1) is 23.3. The fourth-order valence-corrected chi connectivity index (χ4v) is 7.70. The monoisotopic (exact) mass is 598 g/mol. The normalized spacial score (nSPS) is 11.9. The Morgan fingerprint density at radius 2 is 1.02 bits per heavy atom. The summed E-state index contributed by atoms with van der Waals surface area (Å²) in [6.07, 6.45) is 0. The molecule has 0 amide bonds. The number of pyridine rings is 1. The molecule has 7 aromatic carbocycles. The predicted octanol–water partition coefficient (Wildman–Crippen LogP) is 10.8. The molecular formula is C44H26N2O. The first kappa shape index (κ1) is 26.0. The molecule has 3 nitrogen and oxygen atoms in total. The van der Waals surface area contributed by atoms with Crippen molar-refractivity contribution in [2.75, 3.05) is 0 Å². The smallest absolute Gasteiger partial charge is 0.266 e. The molecule has 218 valence electrons. The minimum absolute atomic E-state index is 0.0769. The van der Waals surface area contributed by atoms with Crippen molar-refractivity contribution in [1.82, 2.24) is 9.38 Å². The van der Waals surface area contributed by atoms with Crippen molar-refractivity contribution < 1.29 is 0 Å². The zero-order valence-electron chi connectivity index (χ0n) is 25.3. The number of fused-ring (bicyclic) bond motifs is 7. The van der Waals surface area contributed by atoms with Gasteiger partial charge in [-0.05, 0) is 72.8 Å². The van der Waals surface area contributed by atoms with Gasteiger partial charge in [0.05, 0.1) is 16.6 Å². The van der Waals surface area contributed by atoms with E-state index in [9.17, 15) is 4.79 Å². The highest BCUT2D eigenvalue weighted by Crippen LogP contribution is 2.49. The molecule has 1 aliphatic rings. The molecule has 0 radical (unpaired) electrons. The predicted molar refractivity (Wildman–Crippen MR) is 195 cm³/mol. The molecule has 47 heavy (non-hydrogen) atoms. The Morgan fingerprint density at radius 3 is 1.79 bits per heavy atom. The first-order valence-corrected chi connectivity index (χ1v) is 15.9. The highest BCUT2D eigenvalue weighted by molar-refractivity contribution is 6.19. The molecule has 9 aromatic rings. The summed E-state index contributed by atoms with van der Waals surface area (Å²) in [5, 5.41) is 5.06. The lowest BCUT2D eigenvalue weighted by molar-refractivity contribution is 1.10. The Kier molecular flexibility index (Phi) is 5.43. The number of rotatable bonds is 3. The third-order valence-corrected chi connectivity index (χ3v) is 9.73. The molecule has 0 atom stereocenters. The van der Waals surface area contributed by atoms with E-state index in [1.807, 2.05) is 59.0 Å². The maximum atomic E-state index is 14.9. The van der Waals surface area contributed by atoms with Gasteiger partial charge in [-0.1, -0.05) is 146 Å². The van der Waals surface area contributed by atoms with Crippen molar-refractivity contribution in [2.24, 2.45) is 0 Å². The molecule has 0 spiro atoms. The summed E-state index contributed by atoms with van der Waals surface area (Å²) in [7, 11) is 0. The van der Waals surface area contributed by atoms with E-state index >= 15 is 0 Å². The van der Waals surface area contributed by atoms with Gasteiger partial charge < -0.3 is 0 Å². The van der Waals surface area contributed by atoms with E-state index in [-0.39, 0.29) is 5.56 Å². The molecule has 0 unspecified atom stereocenters. The molecule has 2 aromatic heterocycles. The van der Waals surface area contributed by atoms with Crippen LogP contribution in [0.15, 0.2) is 163 Å². The van der Waals surface area contributed by atoms with E-state index < -0.39 is 0 Å². The summed E-state index contributed by atoms with van der Waals surface area (Å²) >= 11 is 0. The van der Waals surface area contributed by atoms with E-state index in [0.717, 1.165) is 44.3 Å². The summed E-state index contributed by atoms with van der Waals surface area (Å²) in [4.78, 5) is 20.2. The van der Waals surface area contributed by atoms with Crippen molar-refractivity contribution in [3.63, 3.8) is 0 Å². The van der Waals surface area contributed by atoms with Crippen molar-refractivity contribution >= 4 is 38.1 Å². The second-order valence-corrected chi connectivity index (χ2v) is 12.2. The van der Waals surface area contributed by atoms with Crippen LogP contribution in [0.3, 0.4) is 0 Å². The van der Waals surface area contributed by atoms with Gasteiger partial charge in [0.1, 0.15) is 5.65 Å². The minimum atomic E-state index is -0.0769. The van der Waals surface area contributed by atoms with Gasteiger partial charge in [0.25, 0.3) is 5.56 Å². The highest BCUT2D eigenvalue weighted by atomic mass is 16.1. The maximum Gasteiger partial charge on any atom is 0.266 e. The average Bonchev–Trinajstić information content (AvgIpc) is 3.47. The lowest BCUT2D eigenvalue weighted by Gasteiger charge is -2.19. The molecule has 10 rings (SSSR count). The Balaban J connectivity index is 1.30. The van der Waals surface area contributed by atoms with Crippen LogP contribution < -0.4 is 5.56 Å². The molecule has 0 bridgehead atoms. The molecular weight excluding hydrogens is 572 g/mol. The zero-order chi connectivity index (χ0) is 31.1. The van der Waals surface area contributed by atoms with Gasteiger partial charge in [-0.15, -0.1) is 0 Å². The molecule has 0 N–H and O–H groups in total. The zero-order valence-corrected chi connectivity index (χ0v) is 25.3. The van der Waals surface area contributed by atoms with Gasteiger partial charge in [0.2, 0.25) is 0 Å². The van der Waals surface area contributed by atoms with Crippen LogP contribution in [0.2, 0.25) is 0 Å². The largest absolute Gasteiger partial charge is 0.268 e. The van der Waals surface area contributed by atoms with E-state index in [1.165, 1.54) is 33.0 Å². The van der Waals surface area contributed by atoms with Gasteiger partial charge >= 0.3 is 0 Å². The maximum absolute atomic E-state index is 14.9. The third-order valence-electron chi connectivity index (χ3n) is 9.73. The molecule has 2 heterocycles. The molecule has 3 heteroatoms. The van der Waals surface area contributed by atoms with E-state index in [1.54, 1.807) is 0 Å². The van der Waals surface area contributed by atoms with E-state index in [4.69, 9.17) is 4.98 Å². The number of hydrogen-bond acceptors (Lipinski definition) is 2. The molecule has 1 aliphatic carbocycles. The van der Waals surface area contributed by atoms with Gasteiger partial charge in [-0.2, -0.15) is 0 Å². The molecule has 0 saturated heterocycles. The summed E-state index contributed by atoms with van der Waals surface area (Å²) in [5.41, 5.74) is 12.3. The van der Waals surface area contributed by atoms with Crippen LogP contribution >= 0.6 is 0 Å². The summed E-state index contributed by atoms with van der Waals surface area (Å²) in [6, 6.07) is 54.6. The fourth-order valence-electron chi connectivity index (χ4n) is 7.70. The van der Waals surface area contributed by atoms with Gasteiger partial charge in [-0.25, -0.2) is 4.98 Å². The highest BCUT2D eigenvalue weighted by Gasteiger charge is 2.24. The number of nitrogens with zero attached hydrogens (tertiary/aromatic N) is 2. The summed E-state index contributed by atoms with van der Waals surface area (Å²) in [6.45, 7) is 0. The number of aromatic nitrogens is 2. The van der Waals surface area contributed by atoms with Crippen molar-refractivity contribution in [3.8, 4) is 55.8 Å². The van der Waals surface area contributed by atoms with Gasteiger partial charge in [0, 0.05) is 10.9 Å². The third kappa shape index (κ3) is 3.68. The number of hydrogen-bond donors (Lipinski definition) is 0. The SMILES string of the molecule is O=c1c2cc(-c3ccc4c5c(cccc35)-c3ccccc3-4)ccc2nc2c3ccccc3c(-c3ccccc3)c(-c3ccccc3)n12. The van der Waals surface area contributed by atoms with Gasteiger partial charge in [-0.3, -0.25) is 9.20 Å². The Morgan fingerprint density at radius 1 is 0.426 bits per heavy atom. The van der Waals surface area contributed by atoms with Gasteiger partial charge in [0.15, 0.2) is 0 Å². The van der Waals surface area contributed by atoms with Crippen LogP contribution in [-0.2, 0) is 0 Å². The van der Waals surface area contributed by atoms with Crippen molar-refractivity contribution in [1.29, 1.82) is 0 Å². The van der Waals surface area contributed by atoms with Crippen molar-refractivity contribution in [2.45, 2.75) is 0 Å². The average molecular weight is 599 g/mol. The second kappa shape index (κ2) is 9.84. The summed E-state index contributed by atoms with van der Waals surface area (Å²) < 4.78 is 1.84. The molecule has 0 fully saturated rings. The second-order valence-electron chi connectivity index (χ2n) is 12.2. The molecule has 0 saturated carbocycles. The topological polar surface area (TPSA) is 34.4 Å². The lowest BCUT2D eigenvalue weighted by Crippen LogP contribution is -2.18. The standard InChI is InChI=1S/C44H26N2O/c47-44-38-26-29(30-23-24-36-32-17-8-7-16-31(32)34-21-11-20-33(30)41(34)36)22-25-39(38)45-43-37-19-10-9-18-35(37)40(27-12-3-1-4-13-27)42(46(43)44)28-14-5-2-6-15-28/h1-26H. The fraction of sp³-hybridized carbons (Fsp3) is 0. The Labute approximate surface area is 270 Å². The van der Waals surface area contributed by atoms with Crippen LogP contribution in [0.5, 0.6) is 0 Å². The quantitative estimate of drug-likeness (QED) is 0.150. The van der Waals surface area contributed by atoms with Crippen LogP contribution in [-0.4, -0.2) is 9.38 Å². The first-order valence-electron chi connectivity index (χ1n) is 15.9. The number of benzene rings is 7. The lowest BCUT2D eigenvalue weighted by atomic mass is 9.93. The molecule has 0 aliphatic heterocycles. The van der Waals surface area contributed by atoms with Crippen LogP contribution in [0.25, 0.3) is 93.9 Å². The van der Waals surface area contributed by atoms with Crippen LogP contribution in [0, 0.1) is 0 Å². The minimum Gasteiger partial charge on any atom is -0.268 e. The van der Waals surface area contributed by atoms with E-state index in [2.05, 4.69) is 103 Å². The van der Waals surface area contributed by atoms with Crippen molar-refractivity contribution in [3.05, 3.63) is 168 Å².